The zero-order chi connectivity index (χ0) is 17.2. The Balaban J connectivity index is 2.68. The Morgan fingerprint density at radius 1 is 1.39 bits per heavy atom. The third-order valence-corrected chi connectivity index (χ3v) is 4.46. The number of carboxylic acids is 1. The van der Waals surface area contributed by atoms with E-state index in [1.807, 2.05) is 6.92 Å². The largest absolute Gasteiger partial charge is 0.478 e. The fourth-order valence-electron chi connectivity index (χ4n) is 2.95. The number of nitrogens with two attached hydrogens (primary N) is 1. The molecular formula is C16H18BrNO5. The van der Waals surface area contributed by atoms with Crippen molar-refractivity contribution in [3.63, 3.8) is 0 Å². The Morgan fingerprint density at radius 2 is 2.09 bits per heavy atom. The van der Waals surface area contributed by atoms with Gasteiger partial charge in [-0.25, -0.2) is 4.79 Å². The van der Waals surface area contributed by atoms with Crippen LogP contribution in [0.3, 0.4) is 0 Å². The molecule has 0 fully saturated rings. The second kappa shape index (κ2) is 6.62. The molecule has 3 N–H and O–H groups in total. The minimum Gasteiger partial charge on any atom is -0.478 e. The predicted molar refractivity (Wildman–Crippen MR) is 86.8 cm³/mol. The van der Waals surface area contributed by atoms with Crippen LogP contribution in [0.15, 0.2) is 34.1 Å². The van der Waals surface area contributed by atoms with Gasteiger partial charge in [0.25, 0.3) is 0 Å². The van der Waals surface area contributed by atoms with Gasteiger partial charge in [-0.05, 0) is 31.5 Å². The summed E-state index contributed by atoms with van der Waals surface area (Å²) in [7, 11) is 0. The van der Waals surface area contributed by atoms with E-state index in [0.29, 0.717) is 17.7 Å². The highest BCUT2D eigenvalue weighted by Gasteiger charge is 2.47. The van der Waals surface area contributed by atoms with Gasteiger partial charge in [-0.3, -0.25) is 4.79 Å². The Bertz CT molecular complexity index is 685. The number of hydrogen-bond acceptors (Lipinski definition) is 5. The zero-order valence-corrected chi connectivity index (χ0v) is 14.5. The maximum Gasteiger partial charge on any atom is 0.337 e. The van der Waals surface area contributed by atoms with E-state index in [9.17, 15) is 14.7 Å². The number of halogens is 1. The van der Waals surface area contributed by atoms with E-state index in [-0.39, 0.29) is 24.5 Å². The first kappa shape index (κ1) is 17.3. The second-order valence-electron chi connectivity index (χ2n) is 5.20. The summed E-state index contributed by atoms with van der Waals surface area (Å²) in [6.45, 7) is 3.74. The van der Waals surface area contributed by atoms with Gasteiger partial charge in [0, 0.05) is 15.5 Å². The Morgan fingerprint density at radius 3 is 2.65 bits per heavy atom. The molecule has 0 aliphatic carbocycles. The van der Waals surface area contributed by atoms with Crippen LogP contribution in [-0.2, 0) is 19.7 Å². The molecule has 1 aromatic rings. The number of aliphatic carboxylic acids is 1. The van der Waals surface area contributed by atoms with Crippen molar-refractivity contribution in [2.24, 2.45) is 5.73 Å². The van der Waals surface area contributed by atoms with Crippen LogP contribution >= 0.6 is 15.9 Å². The lowest BCUT2D eigenvalue weighted by molar-refractivity contribution is -0.144. The van der Waals surface area contributed by atoms with Crippen molar-refractivity contribution in [2.75, 3.05) is 6.61 Å². The molecule has 1 unspecified atom stereocenters. The topological polar surface area (TPSA) is 98.9 Å². The number of carbonyl (C=O) groups is 2. The van der Waals surface area contributed by atoms with Crippen molar-refractivity contribution in [1.82, 2.24) is 0 Å². The van der Waals surface area contributed by atoms with Gasteiger partial charge in [-0.15, -0.1) is 0 Å². The van der Waals surface area contributed by atoms with Crippen LogP contribution in [0.2, 0.25) is 0 Å². The minimum absolute atomic E-state index is 0.112. The summed E-state index contributed by atoms with van der Waals surface area (Å²) in [6, 6.07) is 5.22. The first-order valence-electron chi connectivity index (χ1n) is 7.22. The number of fused-ring (bicyclic) bond motifs is 1. The lowest BCUT2D eigenvalue weighted by Crippen LogP contribution is -2.41. The van der Waals surface area contributed by atoms with E-state index < -0.39 is 17.4 Å². The van der Waals surface area contributed by atoms with Gasteiger partial charge >= 0.3 is 11.9 Å². The van der Waals surface area contributed by atoms with Crippen molar-refractivity contribution >= 4 is 27.9 Å². The zero-order valence-electron chi connectivity index (χ0n) is 12.9. The van der Waals surface area contributed by atoms with Crippen molar-refractivity contribution < 1.29 is 24.2 Å². The summed E-state index contributed by atoms with van der Waals surface area (Å²) in [5.74, 6) is -1.44. The molecule has 2 rings (SSSR count). The van der Waals surface area contributed by atoms with E-state index in [4.69, 9.17) is 15.2 Å². The first-order valence-corrected chi connectivity index (χ1v) is 8.02. The summed E-state index contributed by atoms with van der Waals surface area (Å²) in [4.78, 5) is 23.9. The van der Waals surface area contributed by atoms with Gasteiger partial charge in [0.15, 0.2) is 0 Å². The highest BCUT2D eigenvalue weighted by atomic mass is 79.9. The maximum absolute atomic E-state index is 12.1. The van der Waals surface area contributed by atoms with Crippen LogP contribution in [-0.4, -0.2) is 23.7 Å². The average molecular weight is 384 g/mol. The molecule has 0 bridgehead atoms. The molecule has 0 radical (unpaired) electrons. The number of carbonyl (C=O) groups excluding carboxylic acids is 1. The molecule has 1 aromatic carbocycles. The molecular weight excluding hydrogens is 366 g/mol. The number of benzene rings is 1. The van der Waals surface area contributed by atoms with Crippen LogP contribution in [0.4, 0.5) is 0 Å². The van der Waals surface area contributed by atoms with Crippen LogP contribution in [0.25, 0.3) is 0 Å². The normalized spacial score (nSPS) is 19.8. The number of rotatable bonds is 5. The third-order valence-electron chi connectivity index (χ3n) is 3.97. The fraction of sp³-hybridized carbons (Fsp3) is 0.375. The highest BCUT2D eigenvalue weighted by Crippen LogP contribution is 2.48. The first-order chi connectivity index (χ1) is 10.9. The van der Waals surface area contributed by atoms with Gasteiger partial charge in [-0.1, -0.05) is 22.9 Å². The molecule has 1 aliphatic rings. The van der Waals surface area contributed by atoms with Crippen molar-refractivity contribution in [2.45, 2.75) is 32.1 Å². The van der Waals surface area contributed by atoms with Crippen LogP contribution in [0.1, 0.15) is 32.3 Å². The lowest BCUT2D eigenvalue weighted by atomic mass is 9.68. The van der Waals surface area contributed by atoms with Crippen LogP contribution < -0.4 is 10.5 Å². The standard InChI is InChI=1S/C16H18BrNO5/c1-3-16(8-12(19)22-4-2)10-7-9(17)5-6-11(10)23-14(18)13(16)15(20)21/h5-7H,3-4,8,18H2,1-2H3,(H,20,21). The van der Waals surface area contributed by atoms with E-state index in [0.717, 1.165) is 4.47 Å². The van der Waals surface area contributed by atoms with Gasteiger partial charge < -0.3 is 20.3 Å². The lowest BCUT2D eigenvalue weighted by Gasteiger charge is -2.38. The number of ether oxygens (including phenoxy) is 2. The number of esters is 1. The Kier molecular flexibility index (Phi) is 4.99. The Labute approximate surface area is 142 Å². The van der Waals surface area contributed by atoms with E-state index >= 15 is 0 Å². The highest BCUT2D eigenvalue weighted by molar-refractivity contribution is 9.10. The molecule has 0 aromatic heterocycles. The number of hydrogen-bond donors (Lipinski definition) is 2. The SMILES string of the molecule is CCOC(=O)CC1(CC)C(C(=O)O)=C(N)Oc2ccc(Br)cc21. The molecule has 0 spiro atoms. The van der Waals surface area contributed by atoms with Gasteiger partial charge in [0.1, 0.15) is 11.3 Å². The summed E-state index contributed by atoms with van der Waals surface area (Å²) in [5, 5.41) is 9.63. The summed E-state index contributed by atoms with van der Waals surface area (Å²) in [6.07, 6.45) is 0.243. The second-order valence-corrected chi connectivity index (χ2v) is 6.12. The summed E-state index contributed by atoms with van der Waals surface area (Å²) < 4.78 is 11.3. The molecule has 124 valence electrons. The van der Waals surface area contributed by atoms with Crippen molar-refractivity contribution in [1.29, 1.82) is 0 Å². The molecule has 7 heteroatoms. The van der Waals surface area contributed by atoms with Crippen molar-refractivity contribution in [3.8, 4) is 5.75 Å². The van der Waals surface area contributed by atoms with Gasteiger partial charge in [-0.2, -0.15) is 0 Å². The smallest absolute Gasteiger partial charge is 0.337 e. The predicted octanol–water partition coefficient (Wildman–Crippen LogP) is 2.70. The molecule has 6 nitrogen and oxygen atoms in total. The molecule has 23 heavy (non-hydrogen) atoms. The minimum atomic E-state index is -1.21. The van der Waals surface area contributed by atoms with Gasteiger partial charge in [0.05, 0.1) is 13.0 Å². The monoisotopic (exact) mass is 383 g/mol. The van der Waals surface area contributed by atoms with Gasteiger partial charge in [0.2, 0.25) is 5.88 Å². The molecule has 1 heterocycles. The summed E-state index contributed by atoms with van der Waals surface area (Å²) >= 11 is 3.37. The molecule has 0 amide bonds. The molecule has 0 saturated carbocycles. The molecule has 1 aliphatic heterocycles. The third kappa shape index (κ3) is 3.06. The molecule has 0 saturated heterocycles. The van der Waals surface area contributed by atoms with E-state index in [1.165, 1.54) is 0 Å². The Hall–Kier alpha value is -2.02. The van der Waals surface area contributed by atoms with Crippen LogP contribution in [0.5, 0.6) is 5.75 Å². The average Bonchev–Trinajstić information content (AvgIpc) is 2.47. The van der Waals surface area contributed by atoms with Crippen LogP contribution in [0, 0.1) is 0 Å². The van der Waals surface area contributed by atoms with E-state index in [1.54, 1.807) is 25.1 Å². The quantitative estimate of drug-likeness (QED) is 0.758. The molecule has 1 atom stereocenters. The van der Waals surface area contributed by atoms with Crippen molar-refractivity contribution in [3.05, 3.63) is 39.7 Å². The fourth-order valence-corrected chi connectivity index (χ4v) is 3.31. The summed E-state index contributed by atoms with van der Waals surface area (Å²) in [5.41, 5.74) is 5.24. The maximum atomic E-state index is 12.1. The number of carboxylic acid groups (broad SMARTS) is 1. The van der Waals surface area contributed by atoms with E-state index in [2.05, 4.69) is 15.9 Å².